The summed E-state index contributed by atoms with van der Waals surface area (Å²) in [6, 6.07) is 5.03. The van der Waals surface area contributed by atoms with E-state index in [4.69, 9.17) is 0 Å². The van der Waals surface area contributed by atoms with Crippen LogP contribution in [0.5, 0.6) is 0 Å². The van der Waals surface area contributed by atoms with Gasteiger partial charge in [-0.25, -0.2) is 4.99 Å². The van der Waals surface area contributed by atoms with Gasteiger partial charge in [0.15, 0.2) is 5.17 Å². The molecule has 21 heavy (non-hydrogen) atoms. The first-order chi connectivity index (χ1) is 9.77. The van der Waals surface area contributed by atoms with Gasteiger partial charge >= 0.3 is 6.18 Å². The van der Waals surface area contributed by atoms with Crippen LogP contribution in [0, 0.1) is 0 Å². The lowest BCUT2D eigenvalue weighted by Crippen LogP contribution is -2.15. The predicted octanol–water partition coefficient (Wildman–Crippen LogP) is 3.85. The second kappa shape index (κ2) is 5.85. The van der Waals surface area contributed by atoms with E-state index in [1.807, 2.05) is 0 Å². The predicted molar refractivity (Wildman–Crippen MR) is 77.4 cm³/mol. The Morgan fingerprint density at radius 2 is 2.00 bits per heavy atom. The molecule has 0 aromatic heterocycles. The molecule has 0 bridgehead atoms. The number of amidine groups is 1. The van der Waals surface area contributed by atoms with Crippen LogP contribution in [0.4, 0.5) is 13.2 Å². The van der Waals surface area contributed by atoms with Crippen molar-refractivity contribution in [3.63, 3.8) is 0 Å². The zero-order valence-corrected chi connectivity index (χ0v) is 11.9. The van der Waals surface area contributed by atoms with Gasteiger partial charge in [-0.2, -0.15) is 18.2 Å². The fourth-order valence-corrected chi connectivity index (χ4v) is 2.42. The van der Waals surface area contributed by atoms with Crippen LogP contribution < -0.4 is 0 Å². The number of thioether (sulfide) groups is 1. The third-order valence-corrected chi connectivity index (χ3v) is 3.70. The summed E-state index contributed by atoms with van der Waals surface area (Å²) in [7, 11) is 0. The van der Waals surface area contributed by atoms with E-state index in [0.29, 0.717) is 11.3 Å². The van der Waals surface area contributed by atoms with Gasteiger partial charge in [-0.15, -0.1) is 0 Å². The van der Waals surface area contributed by atoms with Crippen molar-refractivity contribution in [2.45, 2.75) is 18.9 Å². The number of rotatable bonds is 2. The molecule has 0 atom stereocenters. The van der Waals surface area contributed by atoms with Gasteiger partial charge in [-0.1, -0.05) is 36.5 Å². The van der Waals surface area contributed by atoms with Crippen LogP contribution in [-0.2, 0) is 16.7 Å². The number of halogens is 3. The lowest BCUT2D eigenvalue weighted by atomic mass is 10.1. The van der Waals surface area contributed by atoms with Crippen molar-refractivity contribution in [1.82, 2.24) is 0 Å². The van der Waals surface area contributed by atoms with Crippen LogP contribution >= 0.6 is 11.8 Å². The van der Waals surface area contributed by atoms with Crippen LogP contribution in [0.25, 0.3) is 0 Å². The van der Waals surface area contributed by atoms with E-state index in [2.05, 4.69) is 16.6 Å². The van der Waals surface area contributed by atoms with Gasteiger partial charge in [0.25, 0.3) is 5.91 Å². The Hall–Kier alpha value is -1.89. The average Bonchev–Trinajstić information content (AvgIpc) is 2.42. The topological polar surface area (TPSA) is 41.8 Å². The summed E-state index contributed by atoms with van der Waals surface area (Å²) in [5.41, 5.74) is 0.498. The molecule has 1 aromatic rings. The molecule has 0 fully saturated rings. The van der Waals surface area contributed by atoms with Crippen molar-refractivity contribution in [3.8, 4) is 0 Å². The third kappa shape index (κ3) is 3.81. The van der Waals surface area contributed by atoms with E-state index >= 15 is 0 Å². The van der Waals surface area contributed by atoms with Crippen LogP contribution in [0.15, 0.2) is 46.4 Å². The van der Waals surface area contributed by atoms with Crippen molar-refractivity contribution < 1.29 is 18.0 Å². The molecule has 0 radical (unpaired) electrons. The van der Waals surface area contributed by atoms with E-state index in [9.17, 15) is 18.0 Å². The molecule has 3 nitrogen and oxygen atoms in total. The first-order valence-electron chi connectivity index (χ1n) is 5.94. The molecule has 0 saturated carbocycles. The van der Waals surface area contributed by atoms with E-state index < -0.39 is 17.6 Å². The Bertz CT molecular complexity index is 662. The zero-order chi connectivity index (χ0) is 15.6. The van der Waals surface area contributed by atoms with Crippen molar-refractivity contribution >= 4 is 28.5 Å². The molecule has 110 valence electrons. The maximum absolute atomic E-state index is 12.6. The van der Waals surface area contributed by atoms with Crippen LogP contribution in [0.2, 0.25) is 0 Å². The minimum atomic E-state index is -4.37. The van der Waals surface area contributed by atoms with Gasteiger partial charge in [-0.3, -0.25) is 4.79 Å². The van der Waals surface area contributed by atoms with Crippen molar-refractivity contribution in [2.75, 3.05) is 0 Å². The highest BCUT2D eigenvalue weighted by molar-refractivity contribution is 8.13. The highest BCUT2D eigenvalue weighted by Crippen LogP contribution is 2.30. The summed E-state index contributed by atoms with van der Waals surface area (Å²) in [6.07, 6.45) is -4.37. The van der Waals surface area contributed by atoms with Gasteiger partial charge in [0.1, 0.15) is 0 Å². The maximum atomic E-state index is 12.6. The molecule has 0 unspecified atom stereocenters. The van der Waals surface area contributed by atoms with Crippen molar-refractivity contribution in [3.05, 3.63) is 47.5 Å². The SMILES string of the molecule is C=C1C(=O)N=C(SCc2cccc(C(F)(F)F)c2)N=C1C. The van der Waals surface area contributed by atoms with Crippen LogP contribution in [0.3, 0.4) is 0 Å². The Labute approximate surface area is 123 Å². The Kier molecular flexibility index (Phi) is 4.32. The second-order valence-electron chi connectivity index (χ2n) is 4.36. The van der Waals surface area contributed by atoms with Crippen LogP contribution in [0.1, 0.15) is 18.1 Å². The Morgan fingerprint density at radius 1 is 1.29 bits per heavy atom. The summed E-state index contributed by atoms with van der Waals surface area (Å²) in [4.78, 5) is 19.3. The molecule has 1 heterocycles. The number of alkyl halides is 3. The number of hydrogen-bond donors (Lipinski definition) is 0. The number of carbonyl (C=O) groups is 1. The van der Waals surface area contributed by atoms with Gasteiger partial charge in [0, 0.05) is 5.75 Å². The number of nitrogens with zero attached hydrogens (tertiary/aromatic N) is 2. The molecular weight excluding hydrogens is 301 g/mol. The lowest BCUT2D eigenvalue weighted by Gasteiger charge is -2.11. The largest absolute Gasteiger partial charge is 0.416 e. The summed E-state index contributed by atoms with van der Waals surface area (Å²) < 4.78 is 37.8. The Morgan fingerprint density at radius 3 is 2.62 bits per heavy atom. The standard InChI is InChI=1S/C14H11F3N2OS/c1-8-9(2)18-13(19-12(8)20)21-7-10-4-3-5-11(6-10)14(15,16)17/h3-6H,1,7H2,2H3. The quantitative estimate of drug-likeness (QED) is 0.778. The van der Waals surface area contributed by atoms with Crippen LogP contribution in [-0.4, -0.2) is 16.8 Å². The van der Waals surface area contributed by atoms with Gasteiger partial charge < -0.3 is 0 Å². The molecule has 2 rings (SSSR count). The monoisotopic (exact) mass is 312 g/mol. The van der Waals surface area contributed by atoms with Crippen molar-refractivity contribution in [2.24, 2.45) is 9.98 Å². The lowest BCUT2D eigenvalue weighted by molar-refractivity contribution is -0.137. The maximum Gasteiger partial charge on any atom is 0.416 e. The van der Waals surface area contributed by atoms with Gasteiger partial charge in [0.05, 0.1) is 16.8 Å². The molecule has 0 aliphatic carbocycles. The van der Waals surface area contributed by atoms with Gasteiger partial charge in [0.2, 0.25) is 0 Å². The molecule has 1 amide bonds. The first kappa shape index (κ1) is 15.5. The number of hydrogen-bond acceptors (Lipinski definition) is 3. The molecule has 0 saturated heterocycles. The molecule has 0 spiro atoms. The third-order valence-electron chi connectivity index (χ3n) is 2.78. The fourth-order valence-electron chi connectivity index (χ4n) is 1.59. The van der Waals surface area contributed by atoms with Crippen molar-refractivity contribution in [1.29, 1.82) is 0 Å². The average molecular weight is 312 g/mol. The smallest absolute Gasteiger partial charge is 0.267 e. The molecule has 0 N–H and O–H groups in total. The zero-order valence-electron chi connectivity index (χ0n) is 11.1. The number of benzene rings is 1. The highest BCUT2D eigenvalue weighted by atomic mass is 32.2. The van der Waals surface area contributed by atoms with E-state index in [1.54, 1.807) is 13.0 Å². The van der Waals surface area contributed by atoms with E-state index in [0.717, 1.165) is 23.9 Å². The van der Waals surface area contributed by atoms with E-state index in [-0.39, 0.29) is 16.5 Å². The fraction of sp³-hybridized carbons (Fsp3) is 0.214. The minimum Gasteiger partial charge on any atom is -0.267 e. The highest BCUT2D eigenvalue weighted by Gasteiger charge is 2.30. The molecule has 1 aromatic carbocycles. The van der Waals surface area contributed by atoms with E-state index in [1.165, 1.54) is 6.07 Å². The second-order valence-corrected chi connectivity index (χ2v) is 5.30. The number of carbonyl (C=O) groups excluding carboxylic acids is 1. The number of aliphatic imine (C=N–C) groups is 2. The summed E-state index contributed by atoms with van der Waals surface area (Å²) in [6.45, 7) is 5.18. The first-order valence-corrected chi connectivity index (χ1v) is 6.92. The summed E-state index contributed by atoms with van der Waals surface area (Å²) >= 11 is 1.11. The molecule has 7 heteroatoms. The van der Waals surface area contributed by atoms with Gasteiger partial charge in [-0.05, 0) is 18.6 Å². The number of amides is 1. The Balaban J connectivity index is 2.09. The summed E-state index contributed by atoms with van der Waals surface area (Å²) in [5, 5.41) is 0.238. The molecular formula is C14H11F3N2OS. The molecule has 1 aliphatic heterocycles. The normalized spacial score (nSPS) is 15.8. The minimum absolute atomic E-state index is 0.235. The molecule has 1 aliphatic rings. The summed E-state index contributed by atoms with van der Waals surface area (Å²) in [5.74, 6) is -0.215.